The average molecular weight is 233 g/mol. The number of rotatable bonds is 4. The van der Waals surface area contributed by atoms with Crippen molar-refractivity contribution in [2.45, 2.75) is 44.2 Å². The molecule has 2 rings (SSSR count). The molecule has 1 aromatic rings. The molecule has 1 aromatic carbocycles. The van der Waals surface area contributed by atoms with Crippen molar-refractivity contribution >= 4 is 0 Å². The number of aliphatic hydroxyl groups excluding tert-OH is 1. The zero-order chi connectivity index (χ0) is 12.1. The highest BCUT2D eigenvalue weighted by atomic mass is 16.3. The molecule has 0 heterocycles. The van der Waals surface area contributed by atoms with Gasteiger partial charge in [-0.15, -0.1) is 0 Å². The molecule has 1 aliphatic rings. The van der Waals surface area contributed by atoms with E-state index in [1.807, 2.05) is 0 Å². The van der Waals surface area contributed by atoms with Crippen LogP contribution in [0.2, 0.25) is 0 Å². The van der Waals surface area contributed by atoms with Gasteiger partial charge in [-0.3, -0.25) is 0 Å². The molecule has 2 heteroatoms. The lowest BCUT2D eigenvalue weighted by Gasteiger charge is -2.33. The normalized spacial score (nSPS) is 25.1. The third kappa shape index (κ3) is 3.83. The molecule has 1 fully saturated rings. The van der Waals surface area contributed by atoms with Crippen molar-refractivity contribution in [3.63, 3.8) is 0 Å². The first kappa shape index (κ1) is 12.6. The summed E-state index contributed by atoms with van der Waals surface area (Å²) in [4.78, 5) is 2.41. The summed E-state index contributed by atoms with van der Waals surface area (Å²) in [6.07, 6.45) is 5.37. The molecule has 1 saturated carbocycles. The van der Waals surface area contributed by atoms with Crippen LogP contribution in [-0.4, -0.2) is 35.7 Å². The van der Waals surface area contributed by atoms with Gasteiger partial charge in [0.25, 0.3) is 0 Å². The molecule has 1 N–H and O–H groups in total. The number of benzene rings is 1. The van der Waals surface area contributed by atoms with Crippen LogP contribution >= 0.6 is 0 Å². The second kappa shape index (κ2) is 6.18. The highest BCUT2D eigenvalue weighted by Crippen LogP contribution is 2.22. The van der Waals surface area contributed by atoms with Crippen LogP contribution in [0.3, 0.4) is 0 Å². The van der Waals surface area contributed by atoms with E-state index >= 15 is 0 Å². The first-order valence-electron chi connectivity index (χ1n) is 6.68. The lowest BCUT2D eigenvalue weighted by Crippen LogP contribution is -2.38. The lowest BCUT2D eigenvalue weighted by atomic mass is 9.92. The van der Waals surface area contributed by atoms with Gasteiger partial charge in [0.1, 0.15) is 0 Å². The second-order valence-electron chi connectivity index (χ2n) is 5.19. The van der Waals surface area contributed by atoms with Gasteiger partial charge in [0.05, 0.1) is 6.10 Å². The van der Waals surface area contributed by atoms with Crippen molar-refractivity contribution in [3.8, 4) is 0 Å². The van der Waals surface area contributed by atoms with Crippen LogP contribution in [0.4, 0.5) is 0 Å². The van der Waals surface area contributed by atoms with Crippen molar-refractivity contribution in [1.82, 2.24) is 4.90 Å². The van der Waals surface area contributed by atoms with Crippen molar-refractivity contribution < 1.29 is 5.11 Å². The standard InChI is InChI=1S/C15H23NO/c1-16(14-8-5-9-15(17)12-14)11-10-13-6-3-2-4-7-13/h2-4,6-7,14-15,17H,5,8-12H2,1H3. The Morgan fingerprint density at radius 2 is 2.00 bits per heavy atom. The number of hydrogen-bond donors (Lipinski definition) is 1. The molecule has 1 aliphatic carbocycles. The minimum absolute atomic E-state index is 0.0760. The first-order chi connectivity index (χ1) is 8.25. The van der Waals surface area contributed by atoms with Crippen LogP contribution in [0.1, 0.15) is 31.2 Å². The summed E-state index contributed by atoms with van der Waals surface area (Å²) < 4.78 is 0. The monoisotopic (exact) mass is 233 g/mol. The lowest BCUT2D eigenvalue weighted by molar-refractivity contribution is 0.0733. The summed E-state index contributed by atoms with van der Waals surface area (Å²) in [6, 6.07) is 11.2. The fourth-order valence-electron chi connectivity index (χ4n) is 2.67. The Bertz CT molecular complexity index is 325. The number of nitrogens with zero attached hydrogens (tertiary/aromatic N) is 1. The van der Waals surface area contributed by atoms with Gasteiger partial charge >= 0.3 is 0 Å². The van der Waals surface area contributed by atoms with E-state index in [0.717, 1.165) is 25.8 Å². The van der Waals surface area contributed by atoms with Gasteiger partial charge in [0.15, 0.2) is 0 Å². The highest BCUT2D eigenvalue weighted by Gasteiger charge is 2.22. The molecule has 2 nitrogen and oxygen atoms in total. The Kier molecular flexibility index (Phi) is 4.57. The Morgan fingerprint density at radius 3 is 2.71 bits per heavy atom. The average Bonchev–Trinajstić information content (AvgIpc) is 2.37. The van der Waals surface area contributed by atoms with E-state index in [1.54, 1.807) is 0 Å². The van der Waals surface area contributed by atoms with Gasteiger partial charge in [0.2, 0.25) is 0 Å². The number of aliphatic hydroxyl groups is 1. The van der Waals surface area contributed by atoms with Gasteiger partial charge in [-0.2, -0.15) is 0 Å². The molecular formula is C15H23NO. The first-order valence-corrected chi connectivity index (χ1v) is 6.68. The van der Waals surface area contributed by atoms with Crippen LogP contribution in [0, 0.1) is 0 Å². The summed E-state index contributed by atoms with van der Waals surface area (Å²) in [6.45, 7) is 1.08. The maximum atomic E-state index is 9.69. The largest absolute Gasteiger partial charge is 0.393 e. The van der Waals surface area contributed by atoms with E-state index in [1.165, 1.54) is 18.4 Å². The van der Waals surface area contributed by atoms with Crippen molar-refractivity contribution in [2.75, 3.05) is 13.6 Å². The van der Waals surface area contributed by atoms with E-state index in [4.69, 9.17) is 0 Å². The molecule has 0 aromatic heterocycles. The van der Waals surface area contributed by atoms with E-state index in [9.17, 15) is 5.11 Å². The van der Waals surface area contributed by atoms with E-state index in [-0.39, 0.29) is 6.10 Å². The summed E-state index contributed by atoms with van der Waals surface area (Å²) in [5.74, 6) is 0. The molecule has 2 unspecified atom stereocenters. The third-order valence-electron chi connectivity index (χ3n) is 3.84. The predicted octanol–water partition coefficient (Wildman–Crippen LogP) is 2.46. The quantitative estimate of drug-likeness (QED) is 0.863. The molecule has 0 amide bonds. The predicted molar refractivity (Wildman–Crippen MR) is 71.0 cm³/mol. The molecule has 0 bridgehead atoms. The highest BCUT2D eigenvalue weighted by molar-refractivity contribution is 5.14. The fourth-order valence-corrected chi connectivity index (χ4v) is 2.67. The Hall–Kier alpha value is -0.860. The van der Waals surface area contributed by atoms with Crippen LogP contribution in [0.25, 0.3) is 0 Å². The zero-order valence-electron chi connectivity index (χ0n) is 10.7. The summed E-state index contributed by atoms with van der Waals surface area (Å²) in [5, 5.41) is 9.69. The molecule has 94 valence electrons. The summed E-state index contributed by atoms with van der Waals surface area (Å²) in [5.41, 5.74) is 1.40. The van der Waals surface area contributed by atoms with Crippen LogP contribution in [0.5, 0.6) is 0 Å². The van der Waals surface area contributed by atoms with E-state index in [2.05, 4.69) is 42.3 Å². The zero-order valence-corrected chi connectivity index (χ0v) is 10.7. The van der Waals surface area contributed by atoms with E-state index in [0.29, 0.717) is 6.04 Å². The van der Waals surface area contributed by atoms with Gasteiger partial charge in [-0.25, -0.2) is 0 Å². The Labute approximate surface area is 104 Å². The SMILES string of the molecule is CN(CCc1ccccc1)C1CCCC(O)C1. The number of likely N-dealkylation sites (N-methyl/N-ethyl adjacent to an activating group) is 1. The smallest absolute Gasteiger partial charge is 0.0555 e. The minimum atomic E-state index is -0.0760. The third-order valence-corrected chi connectivity index (χ3v) is 3.84. The molecule has 0 radical (unpaired) electrons. The van der Waals surface area contributed by atoms with Crippen LogP contribution in [-0.2, 0) is 6.42 Å². The fraction of sp³-hybridized carbons (Fsp3) is 0.600. The summed E-state index contributed by atoms with van der Waals surface area (Å²) >= 11 is 0. The van der Waals surface area contributed by atoms with Gasteiger partial charge in [0, 0.05) is 12.6 Å². The van der Waals surface area contributed by atoms with Gasteiger partial charge in [-0.1, -0.05) is 30.3 Å². The summed E-state index contributed by atoms with van der Waals surface area (Å²) in [7, 11) is 2.19. The van der Waals surface area contributed by atoms with Crippen LogP contribution < -0.4 is 0 Å². The van der Waals surface area contributed by atoms with Crippen molar-refractivity contribution in [3.05, 3.63) is 35.9 Å². The van der Waals surface area contributed by atoms with Crippen molar-refractivity contribution in [1.29, 1.82) is 0 Å². The molecule has 17 heavy (non-hydrogen) atoms. The van der Waals surface area contributed by atoms with Gasteiger partial charge in [-0.05, 0) is 44.7 Å². The topological polar surface area (TPSA) is 23.5 Å². The molecule has 0 saturated heterocycles. The Morgan fingerprint density at radius 1 is 1.24 bits per heavy atom. The second-order valence-corrected chi connectivity index (χ2v) is 5.19. The van der Waals surface area contributed by atoms with Gasteiger partial charge < -0.3 is 10.0 Å². The maximum Gasteiger partial charge on any atom is 0.0555 e. The van der Waals surface area contributed by atoms with Crippen LogP contribution in [0.15, 0.2) is 30.3 Å². The molecule has 2 atom stereocenters. The van der Waals surface area contributed by atoms with Crippen molar-refractivity contribution in [2.24, 2.45) is 0 Å². The maximum absolute atomic E-state index is 9.69. The molecule has 0 aliphatic heterocycles. The molecule has 0 spiro atoms. The van der Waals surface area contributed by atoms with E-state index < -0.39 is 0 Å². The number of hydrogen-bond acceptors (Lipinski definition) is 2. The molecular weight excluding hydrogens is 210 g/mol. The Balaban J connectivity index is 1.79. The minimum Gasteiger partial charge on any atom is -0.393 e.